The number of nitrogens with zero attached hydrogens (tertiary/aromatic N) is 2. The zero-order chi connectivity index (χ0) is 17.4. The van der Waals surface area contributed by atoms with E-state index in [1.165, 1.54) is 0 Å². The Morgan fingerprint density at radius 2 is 1.70 bits per heavy atom. The monoisotopic (exact) mass is 324 g/mol. The van der Waals surface area contributed by atoms with Gasteiger partial charge in [-0.2, -0.15) is 0 Å². The van der Waals surface area contributed by atoms with Gasteiger partial charge in [0.2, 0.25) is 0 Å². The molecule has 0 radical (unpaired) electrons. The zero-order valence-corrected chi connectivity index (χ0v) is 13.1. The molecule has 126 valence electrons. The summed E-state index contributed by atoms with van der Waals surface area (Å²) >= 11 is 0. The van der Waals surface area contributed by atoms with E-state index in [1.54, 1.807) is 0 Å². The first-order valence-electron chi connectivity index (χ1n) is 7.35. The van der Waals surface area contributed by atoms with E-state index in [4.69, 9.17) is 0 Å². The van der Waals surface area contributed by atoms with Crippen molar-refractivity contribution in [2.75, 3.05) is 5.32 Å². The van der Waals surface area contributed by atoms with Crippen LogP contribution in [0.25, 0.3) is 0 Å². The lowest BCUT2D eigenvalue weighted by molar-refractivity contribution is -0.394. The Morgan fingerprint density at radius 1 is 1.13 bits per heavy atom. The number of unbranched alkanes of at least 4 members (excludes halogenated alkanes) is 2. The van der Waals surface area contributed by atoms with Crippen LogP contribution in [0.4, 0.5) is 21.9 Å². The second-order valence-electron chi connectivity index (χ2n) is 5.25. The minimum absolute atomic E-state index is 0.00385. The van der Waals surface area contributed by atoms with Crippen molar-refractivity contribution >= 4 is 23.1 Å². The Bertz CT molecular complexity index is 558. The predicted octanol–water partition coefficient (Wildman–Crippen LogP) is 3.59. The highest BCUT2D eigenvalue weighted by Crippen LogP contribution is 2.25. The lowest BCUT2D eigenvalue weighted by Crippen LogP contribution is -2.36. The first kappa shape index (κ1) is 18.3. The minimum Gasteiger partial charge on any atom is -0.335 e. The van der Waals surface area contributed by atoms with Crippen LogP contribution in [-0.4, -0.2) is 21.9 Å². The quantitative estimate of drug-likeness (QED) is 0.429. The number of hydrogen-bond acceptors (Lipinski definition) is 5. The summed E-state index contributed by atoms with van der Waals surface area (Å²) in [6, 6.07) is 2.39. The summed E-state index contributed by atoms with van der Waals surface area (Å²) in [5.41, 5.74) is -0.903. The molecular formula is C14H20N4O5. The molecule has 0 saturated carbocycles. The van der Waals surface area contributed by atoms with E-state index in [1.807, 2.05) is 6.92 Å². The maximum atomic E-state index is 11.9. The first-order chi connectivity index (χ1) is 10.8. The van der Waals surface area contributed by atoms with E-state index < -0.39 is 27.3 Å². The van der Waals surface area contributed by atoms with Gasteiger partial charge in [-0.3, -0.25) is 20.2 Å². The van der Waals surface area contributed by atoms with Crippen LogP contribution in [0.3, 0.4) is 0 Å². The normalized spacial score (nSPS) is 11.6. The van der Waals surface area contributed by atoms with Crippen LogP contribution in [0.2, 0.25) is 0 Å². The minimum atomic E-state index is -0.747. The summed E-state index contributed by atoms with van der Waals surface area (Å²) in [6.45, 7) is 3.94. The summed E-state index contributed by atoms with van der Waals surface area (Å²) in [5, 5.41) is 26.7. The average molecular weight is 324 g/mol. The van der Waals surface area contributed by atoms with Crippen molar-refractivity contribution in [1.82, 2.24) is 5.32 Å². The number of hydrogen-bond donors (Lipinski definition) is 2. The Hall–Kier alpha value is -2.71. The number of amides is 2. The second kappa shape index (κ2) is 8.66. The van der Waals surface area contributed by atoms with Gasteiger partial charge in [0.25, 0.3) is 11.4 Å². The third-order valence-electron chi connectivity index (χ3n) is 3.20. The molecule has 0 aromatic heterocycles. The van der Waals surface area contributed by atoms with Gasteiger partial charge in [0, 0.05) is 18.2 Å². The van der Waals surface area contributed by atoms with Crippen LogP contribution in [0, 0.1) is 20.2 Å². The van der Waals surface area contributed by atoms with E-state index in [2.05, 4.69) is 17.6 Å². The maximum Gasteiger partial charge on any atom is 0.319 e. The summed E-state index contributed by atoms with van der Waals surface area (Å²) in [4.78, 5) is 31.9. The highest BCUT2D eigenvalue weighted by molar-refractivity contribution is 5.90. The average Bonchev–Trinajstić information content (AvgIpc) is 2.46. The number of nitro benzene ring substituents is 2. The summed E-state index contributed by atoms with van der Waals surface area (Å²) in [7, 11) is 0. The van der Waals surface area contributed by atoms with E-state index in [0.717, 1.165) is 43.9 Å². The molecule has 1 aromatic carbocycles. The molecule has 1 aromatic rings. The summed E-state index contributed by atoms with van der Waals surface area (Å²) in [5.74, 6) is 0. The molecule has 1 unspecified atom stereocenters. The van der Waals surface area contributed by atoms with Gasteiger partial charge in [0.15, 0.2) is 0 Å². The number of rotatable bonds is 8. The van der Waals surface area contributed by atoms with Crippen molar-refractivity contribution in [3.8, 4) is 0 Å². The van der Waals surface area contributed by atoms with E-state index in [-0.39, 0.29) is 11.7 Å². The van der Waals surface area contributed by atoms with Crippen molar-refractivity contribution in [3.05, 3.63) is 38.4 Å². The third-order valence-corrected chi connectivity index (χ3v) is 3.20. The van der Waals surface area contributed by atoms with Gasteiger partial charge < -0.3 is 10.6 Å². The predicted molar refractivity (Wildman–Crippen MR) is 85.5 cm³/mol. The zero-order valence-electron chi connectivity index (χ0n) is 13.1. The molecule has 0 fully saturated rings. The summed E-state index contributed by atoms with van der Waals surface area (Å²) in [6.07, 6.45) is 3.96. The molecule has 2 amide bonds. The first-order valence-corrected chi connectivity index (χ1v) is 7.35. The smallest absolute Gasteiger partial charge is 0.319 e. The molecular weight excluding hydrogens is 304 g/mol. The van der Waals surface area contributed by atoms with Crippen molar-refractivity contribution in [2.24, 2.45) is 0 Å². The number of anilines is 1. The van der Waals surface area contributed by atoms with Crippen LogP contribution < -0.4 is 10.6 Å². The van der Waals surface area contributed by atoms with Crippen LogP contribution in [0.15, 0.2) is 18.2 Å². The van der Waals surface area contributed by atoms with Gasteiger partial charge in [-0.05, 0) is 13.3 Å². The van der Waals surface area contributed by atoms with E-state index in [9.17, 15) is 25.0 Å². The SMILES string of the molecule is CCCCCC(C)NC(=O)Nc1cc([N+](=O)[O-])cc([N+](=O)[O-])c1. The molecule has 0 heterocycles. The van der Waals surface area contributed by atoms with Gasteiger partial charge in [-0.1, -0.05) is 26.2 Å². The molecule has 9 nitrogen and oxygen atoms in total. The molecule has 9 heteroatoms. The van der Waals surface area contributed by atoms with Gasteiger partial charge >= 0.3 is 6.03 Å². The number of urea groups is 1. The second-order valence-corrected chi connectivity index (χ2v) is 5.25. The third kappa shape index (κ3) is 6.29. The molecule has 0 bridgehead atoms. The molecule has 0 saturated heterocycles. The van der Waals surface area contributed by atoms with Crippen LogP contribution in [0.5, 0.6) is 0 Å². The number of non-ortho nitro benzene ring substituents is 2. The van der Waals surface area contributed by atoms with Gasteiger partial charge in [0.05, 0.1) is 21.6 Å². The Kier molecular flexibility index (Phi) is 6.91. The number of carbonyl (C=O) groups excluding carboxylic acids is 1. The molecule has 0 aliphatic carbocycles. The van der Waals surface area contributed by atoms with Gasteiger partial charge in [-0.15, -0.1) is 0 Å². The largest absolute Gasteiger partial charge is 0.335 e. The summed E-state index contributed by atoms with van der Waals surface area (Å²) < 4.78 is 0. The molecule has 0 spiro atoms. The fraction of sp³-hybridized carbons (Fsp3) is 0.500. The van der Waals surface area contributed by atoms with Crippen molar-refractivity contribution < 1.29 is 14.6 Å². The number of nitrogens with one attached hydrogen (secondary N) is 2. The lowest BCUT2D eigenvalue weighted by Gasteiger charge is -2.14. The molecule has 23 heavy (non-hydrogen) atoms. The highest BCUT2D eigenvalue weighted by Gasteiger charge is 2.17. The highest BCUT2D eigenvalue weighted by atomic mass is 16.6. The van der Waals surface area contributed by atoms with Crippen LogP contribution in [0.1, 0.15) is 39.5 Å². The Labute approximate surface area is 133 Å². The van der Waals surface area contributed by atoms with E-state index in [0.29, 0.717) is 0 Å². The van der Waals surface area contributed by atoms with Gasteiger partial charge in [0.1, 0.15) is 0 Å². The molecule has 1 rings (SSSR count). The molecule has 1 atom stereocenters. The van der Waals surface area contributed by atoms with E-state index >= 15 is 0 Å². The van der Waals surface area contributed by atoms with Crippen molar-refractivity contribution in [2.45, 2.75) is 45.6 Å². The van der Waals surface area contributed by atoms with Crippen molar-refractivity contribution in [1.29, 1.82) is 0 Å². The van der Waals surface area contributed by atoms with Crippen molar-refractivity contribution in [3.63, 3.8) is 0 Å². The molecule has 2 N–H and O–H groups in total. The molecule has 0 aliphatic heterocycles. The number of benzene rings is 1. The lowest BCUT2D eigenvalue weighted by atomic mass is 10.1. The van der Waals surface area contributed by atoms with Crippen LogP contribution >= 0.6 is 0 Å². The topological polar surface area (TPSA) is 127 Å². The fourth-order valence-electron chi connectivity index (χ4n) is 2.04. The Morgan fingerprint density at radius 3 is 2.17 bits per heavy atom. The fourth-order valence-corrected chi connectivity index (χ4v) is 2.04. The molecule has 0 aliphatic rings. The number of carbonyl (C=O) groups is 1. The standard InChI is InChI=1S/C14H20N4O5/c1-3-4-5-6-10(2)15-14(19)16-11-7-12(17(20)21)9-13(8-11)18(22)23/h7-10H,3-6H2,1-2H3,(H2,15,16,19). The Balaban J connectivity index is 2.73. The van der Waals surface area contributed by atoms with Crippen LogP contribution in [-0.2, 0) is 0 Å². The van der Waals surface area contributed by atoms with Gasteiger partial charge in [-0.25, -0.2) is 4.79 Å². The maximum absolute atomic E-state index is 11.9. The number of nitro groups is 2.